The molecule has 0 aliphatic carbocycles. The van der Waals surface area contributed by atoms with Crippen molar-refractivity contribution in [2.75, 3.05) is 0 Å². The summed E-state index contributed by atoms with van der Waals surface area (Å²) in [6, 6.07) is 14.3. The molecule has 1 N–H and O–H groups in total. The number of hydrogen-bond donors (Lipinski definition) is 1. The molecule has 0 aliphatic rings. The summed E-state index contributed by atoms with van der Waals surface area (Å²) in [5, 5.41) is 10.3. The monoisotopic (exact) mass is 416 g/mol. The number of aromatic hydroxyl groups is 1. The van der Waals surface area contributed by atoms with E-state index in [1.807, 2.05) is 12.1 Å². The number of benzene rings is 2. The Balaban J connectivity index is 0.000000970. The van der Waals surface area contributed by atoms with E-state index in [1.165, 1.54) is 11.1 Å². The fourth-order valence-electron chi connectivity index (χ4n) is 3.43. The van der Waals surface area contributed by atoms with Crippen LogP contribution < -0.4 is 0 Å². The molecule has 0 spiro atoms. The van der Waals surface area contributed by atoms with Gasteiger partial charge in [-0.25, -0.2) is 0 Å². The average molecular weight is 418 g/mol. The topological polar surface area (TPSA) is 20.2 Å². The molecule has 1 nitrogen and oxygen atoms in total. The summed E-state index contributed by atoms with van der Waals surface area (Å²) in [5.41, 5.74) is 4.82. The fourth-order valence-corrected chi connectivity index (χ4v) is 3.43. The van der Waals surface area contributed by atoms with E-state index in [1.54, 1.807) is 0 Å². The number of phenols is 1. The Morgan fingerprint density at radius 1 is 0.920 bits per heavy atom. The van der Waals surface area contributed by atoms with E-state index in [9.17, 15) is 5.11 Å². The van der Waals surface area contributed by atoms with Gasteiger partial charge in [0.1, 0.15) is 5.75 Å². The molecule has 2 aromatic rings. The zero-order chi connectivity index (χ0) is 19.3. The first kappa shape index (κ1) is 22.2. The molecule has 0 unspecified atom stereocenters. The minimum atomic E-state index is 0.0739. The Hall–Kier alpha value is -0.877. The Bertz CT molecular complexity index is 681. The van der Waals surface area contributed by atoms with Crippen molar-refractivity contribution < 1.29 is 28.3 Å². The van der Waals surface area contributed by atoms with Gasteiger partial charge in [-0.05, 0) is 47.4 Å². The van der Waals surface area contributed by atoms with Gasteiger partial charge in [-0.15, -0.1) is 0 Å². The normalized spacial score (nSPS) is 11.5. The van der Waals surface area contributed by atoms with Crippen LogP contribution in [0.25, 0.3) is 11.1 Å². The first-order valence-electron chi connectivity index (χ1n) is 8.99. The summed E-state index contributed by atoms with van der Waals surface area (Å²) < 4.78 is 4.59. The van der Waals surface area contributed by atoms with Crippen molar-refractivity contribution in [2.24, 2.45) is 5.41 Å². The molecule has 0 atom stereocenters. The van der Waals surface area contributed by atoms with Gasteiger partial charge < -0.3 is 5.11 Å². The van der Waals surface area contributed by atoms with Crippen LogP contribution in [0.15, 0.2) is 42.5 Å². The molecule has 25 heavy (non-hydrogen) atoms. The van der Waals surface area contributed by atoms with Crippen LogP contribution in [0.4, 0.5) is 0 Å². The first-order chi connectivity index (χ1) is 11.5. The van der Waals surface area contributed by atoms with Crippen LogP contribution in [0.3, 0.4) is 0 Å². The summed E-state index contributed by atoms with van der Waals surface area (Å²) in [7, 11) is 0. The Morgan fingerprint density at radius 2 is 1.52 bits per heavy atom. The minimum absolute atomic E-state index is 0.0739. The molecule has 0 fully saturated rings. The maximum atomic E-state index is 10.3. The molecule has 0 heterocycles. The second-order valence-electron chi connectivity index (χ2n) is 8.72. The van der Waals surface area contributed by atoms with E-state index in [0.29, 0.717) is 5.75 Å². The van der Waals surface area contributed by atoms with Crippen molar-refractivity contribution in [3.05, 3.63) is 53.6 Å². The molecule has 0 saturated heterocycles. The van der Waals surface area contributed by atoms with E-state index in [2.05, 4.69) is 81.1 Å². The maximum absolute atomic E-state index is 10.3. The summed E-state index contributed by atoms with van der Waals surface area (Å²) in [5.74, 6) is 0.348. The second kappa shape index (κ2) is 9.17. The van der Waals surface area contributed by atoms with Crippen LogP contribution >= 0.6 is 0 Å². The summed E-state index contributed by atoms with van der Waals surface area (Å²) in [6.07, 6.45) is 1.10. The van der Waals surface area contributed by atoms with E-state index in [0.717, 1.165) is 17.5 Å². The number of phenolic OH excluding ortho intramolecular Hbond substituents is 1. The van der Waals surface area contributed by atoms with Crippen molar-refractivity contribution in [1.82, 2.24) is 0 Å². The van der Waals surface area contributed by atoms with Gasteiger partial charge >= 0.3 is 32.5 Å². The standard InChI is InChI=1S/C21H28O.2CH3.Zr/c1-15-8-7-9-16(12-15)18-13-17(10-11-19(18)22)21(5,6)14-20(2,3)4;;;/h7-13,22H,14H2,1-6H3;2*1H3;. The van der Waals surface area contributed by atoms with Crippen molar-refractivity contribution >= 4 is 0 Å². The molecule has 0 bridgehead atoms. The third-order valence-electron chi connectivity index (χ3n) is 4.08. The Labute approximate surface area is 166 Å². The van der Waals surface area contributed by atoms with Crippen LogP contribution in [0.1, 0.15) is 52.2 Å². The summed E-state index contributed by atoms with van der Waals surface area (Å²) >= 11 is 0.230. The quantitative estimate of drug-likeness (QED) is 0.557. The van der Waals surface area contributed by atoms with Crippen LogP contribution in [0.5, 0.6) is 5.75 Å². The molecule has 2 heteroatoms. The molecule has 0 amide bonds. The van der Waals surface area contributed by atoms with Crippen molar-refractivity contribution in [2.45, 2.75) is 62.6 Å². The predicted octanol–water partition coefficient (Wildman–Crippen LogP) is 7.25. The van der Waals surface area contributed by atoms with Gasteiger partial charge in [-0.1, -0.05) is 70.5 Å². The third kappa shape index (κ3) is 7.10. The van der Waals surface area contributed by atoms with Gasteiger partial charge in [0.15, 0.2) is 0 Å². The van der Waals surface area contributed by atoms with Gasteiger partial charge in [0, 0.05) is 5.56 Å². The Kier molecular flexibility index (Phi) is 8.13. The molecule has 0 aromatic heterocycles. The zero-order valence-electron chi connectivity index (χ0n) is 17.2. The molecule has 0 saturated carbocycles. The zero-order valence-corrected chi connectivity index (χ0v) is 19.7. The number of hydrogen-bond acceptors (Lipinski definition) is 1. The fraction of sp³-hybridized carbons (Fsp3) is 0.478. The van der Waals surface area contributed by atoms with Crippen molar-refractivity contribution in [3.8, 4) is 16.9 Å². The van der Waals surface area contributed by atoms with E-state index < -0.39 is 0 Å². The molecule has 136 valence electrons. The summed E-state index contributed by atoms with van der Waals surface area (Å²) in [4.78, 5) is 0. The molecule has 0 radical (unpaired) electrons. The first-order valence-corrected chi connectivity index (χ1v) is 13.9. The van der Waals surface area contributed by atoms with E-state index in [4.69, 9.17) is 0 Å². The molecule has 2 rings (SSSR count). The van der Waals surface area contributed by atoms with Crippen molar-refractivity contribution in [1.29, 1.82) is 0 Å². The van der Waals surface area contributed by atoms with Crippen LogP contribution in [0.2, 0.25) is 9.26 Å². The van der Waals surface area contributed by atoms with Crippen LogP contribution in [0, 0.1) is 12.3 Å². The van der Waals surface area contributed by atoms with Gasteiger partial charge in [0.05, 0.1) is 0 Å². The molecular formula is C23H34OZr. The molecule has 0 aliphatic heterocycles. The number of aryl methyl sites for hydroxylation is 1. The number of rotatable bonds is 3. The van der Waals surface area contributed by atoms with Gasteiger partial charge in [0.2, 0.25) is 0 Å². The van der Waals surface area contributed by atoms with Crippen molar-refractivity contribution in [3.63, 3.8) is 0 Å². The van der Waals surface area contributed by atoms with Crippen LogP contribution in [-0.2, 0) is 28.6 Å². The van der Waals surface area contributed by atoms with E-state index >= 15 is 0 Å². The van der Waals surface area contributed by atoms with Gasteiger partial charge in [0.25, 0.3) is 0 Å². The van der Waals surface area contributed by atoms with Gasteiger partial charge in [-0.2, -0.15) is 0 Å². The van der Waals surface area contributed by atoms with E-state index in [-0.39, 0.29) is 34.1 Å². The SMILES string of the molecule is Cc1cccc(-c2cc(C(C)(C)CC(C)(C)C)ccc2O)c1.[CH3][Zr][CH3]. The third-order valence-corrected chi connectivity index (χ3v) is 4.08. The van der Waals surface area contributed by atoms with Gasteiger partial charge in [-0.3, -0.25) is 0 Å². The average Bonchev–Trinajstić information content (AvgIpc) is 2.45. The molecule has 2 aromatic carbocycles. The van der Waals surface area contributed by atoms with Crippen LogP contribution in [-0.4, -0.2) is 5.11 Å². The second-order valence-corrected chi connectivity index (χ2v) is 11.2. The predicted molar refractivity (Wildman–Crippen MR) is 107 cm³/mol. The molecular weight excluding hydrogens is 383 g/mol. The summed E-state index contributed by atoms with van der Waals surface area (Å²) in [6.45, 7) is 13.5. The Morgan fingerprint density at radius 3 is 2.04 bits per heavy atom.